The van der Waals surface area contributed by atoms with E-state index in [0.717, 1.165) is 42.2 Å². The van der Waals surface area contributed by atoms with Gasteiger partial charge in [0.1, 0.15) is 5.82 Å². The van der Waals surface area contributed by atoms with E-state index in [1.54, 1.807) is 12.1 Å². The summed E-state index contributed by atoms with van der Waals surface area (Å²) in [5.74, 6) is 5.32. The number of hydrogen-bond acceptors (Lipinski definition) is 3. The molecule has 11 unspecified atom stereocenters. The third-order valence-corrected chi connectivity index (χ3v) is 12.3. The largest absolute Gasteiger partial charge is 0.390 e. The highest BCUT2D eigenvalue weighted by Gasteiger charge is 3.05. The summed E-state index contributed by atoms with van der Waals surface area (Å²) in [7, 11) is 0. The van der Waals surface area contributed by atoms with Crippen molar-refractivity contribution < 1.29 is 14.3 Å². The zero-order chi connectivity index (χ0) is 23.0. The fraction of sp³-hybridized carbons (Fsp3) is 0.759. The molecule has 2 bridgehead atoms. The van der Waals surface area contributed by atoms with Crippen LogP contribution in [0.25, 0.3) is 0 Å². The molecule has 7 aliphatic carbocycles. The summed E-state index contributed by atoms with van der Waals surface area (Å²) < 4.78 is 13.3. The molecular formula is C29H38FNO2. The number of rotatable bonds is 4. The van der Waals surface area contributed by atoms with Gasteiger partial charge in [-0.1, -0.05) is 13.8 Å². The van der Waals surface area contributed by atoms with Crippen LogP contribution < -0.4 is 5.32 Å². The maximum absolute atomic E-state index is 13.8. The van der Waals surface area contributed by atoms with Gasteiger partial charge in [-0.15, -0.1) is 0 Å². The third kappa shape index (κ3) is 2.33. The van der Waals surface area contributed by atoms with Crippen molar-refractivity contribution in [3.63, 3.8) is 0 Å². The van der Waals surface area contributed by atoms with Crippen LogP contribution in [-0.2, 0) is 4.79 Å². The van der Waals surface area contributed by atoms with Crippen LogP contribution in [0.4, 0.5) is 10.1 Å². The van der Waals surface area contributed by atoms with E-state index >= 15 is 0 Å². The van der Waals surface area contributed by atoms with Crippen LogP contribution in [0.3, 0.4) is 0 Å². The first-order chi connectivity index (χ1) is 15.6. The quantitative estimate of drug-likeness (QED) is 0.619. The molecule has 1 aromatic rings. The molecule has 7 saturated carbocycles. The molecule has 0 amide bonds. The van der Waals surface area contributed by atoms with Gasteiger partial charge < -0.3 is 10.4 Å². The van der Waals surface area contributed by atoms with Gasteiger partial charge in [-0.3, -0.25) is 4.79 Å². The number of benzene rings is 1. The maximum atomic E-state index is 13.8. The number of nitrogens with one attached hydrogen (secondary N) is 1. The van der Waals surface area contributed by atoms with E-state index in [0.29, 0.717) is 30.1 Å². The Bertz CT molecular complexity index is 1020. The second-order valence-electron chi connectivity index (χ2n) is 13.4. The second kappa shape index (κ2) is 6.22. The van der Waals surface area contributed by atoms with Crippen molar-refractivity contribution in [2.45, 2.75) is 71.3 Å². The van der Waals surface area contributed by atoms with E-state index in [1.807, 2.05) is 6.92 Å². The molecule has 0 radical (unpaired) electrons. The summed E-state index contributed by atoms with van der Waals surface area (Å²) in [6.45, 7) is 7.30. The van der Waals surface area contributed by atoms with Crippen molar-refractivity contribution >= 4 is 11.5 Å². The molecule has 0 saturated heterocycles. The summed E-state index contributed by atoms with van der Waals surface area (Å²) >= 11 is 0. The molecule has 2 N–H and O–H groups in total. The minimum absolute atomic E-state index is 0.125. The number of carbonyl (C=O) groups is 1. The summed E-state index contributed by atoms with van der Waals surface area (Å²) in [5, 5.41) is 14.0. The van der Waals surface area contributed by atoms with Crippen molar-refractivity contribution in [2.24, 2.45) is 57.7 Å². The predicted molar refractivity (Wildman–Crippen MR) is 126 cm³/mol. The Labute approximate surface area is 196 Å². The molecule has 8 rings (SSSR count). The average Bonchev–Trinajstić information content (AvgIpc) is 3.50. The highest BCUT2D eigenvalue weighted by molar-refractivity contribution is 5.98. The molecule has 7 aliphatic rings. The molecule has 0 spiro atoms. The number of ketones is 1. The number of fused-ring (bicyclic) bond motifs is 3. The molecule has 7 fully saturated rings. The first-order valence-corrected chi connectivity index (χ1v) is 13.4. The van der Waals surface area contributed by atoms with Gasteiger partial charge in [0.15, 0.2) is 5.78 Å². The molecule has 1 aromatic carbocycles. The number of anilines is 1. The zero-order valence-corrected chi connectivity index (χ0v) is 20.2. The van der Waals surface area contributed by atoms with Crippen molar-refractivity contribution in [3.05, 3.63) is 30.1 Å². The van der Waals surface area contributed by atoms with Crippen molar-refractivity contribution in [3.8, 4) is 0 Å². The van der Waals surface area contributed by atoms with Crippen LogP contribution >= 0.6 is 0 Å². The van der Waals surface area contributed by atoms with Crippen LogP contribution in [0.15, 0.2) is 24.3 Å². The lowest BCUT2D eigenvalue weighted by molar-refractivity contribution is -0.134. The van der Waals surface area contributed by atoms with E-state index < -0.39 is 5.60 Å². The first kappa shape index (κ1) is 20.9. The molecule has 33 heavy (non-hydrogen) atoms. The summed E-state index contributed by atoms with van der Waals surface area (Å²) in [6, 6.07) is 6.35. The third-order valence-electron chi connectivity index (χ3n) is 12.3. The first-order valence-electron chi connectivity index (χ1n) is 13.4. The molecular weight excluding hydrogens is 413 g/mol. The predicted octanol–water partition coefficient (Wildman–Crippen LogP) is 5.68. The van der Waals surface area contributed by atoms with Gasteiger partial charge in [-0.2, -0.15) is 0 Å². The van der Waals surface area contributed by atoms with Crippen LogP contribution in [0.2, 0.25) is 0 Å². The van der Waals surface area contributed by atoms with Gasteiger partial charge in [0.25, 0.3) is 0 Å². The van der Waals surface area contributed by atoms with Crippen LogP contribution in [0.1, 0.15) is 65.7 Å². The Kier molecular flexibility index (Phi) is 3.94. The molecule has 11 atom stereocenters. The van der Waals surface area contributed by atoms with Crippen LogP contribution in [-0.4, -0.2) is 23.0 Å². The van der Waals surface area contributed by atoms with Crippen LogP contribution in [0.5, 0.6) is 0 Å². The van der Waals surface area contributed by atoms with E-state index in [2.05, 4.69) is 19.2 Å². The van der Waals surface area contributed by atoms with Gasteiger partial charge in [0.05, 0.1) is 12.1 Å². The van der Waals surface area contributed by atoms with E-state index in [1.165, 1.54) is 44.2 Å². The SMILES string of the molecule is CC1(O)CCC2C(CCC3C2CCC2(C)C3C3C4C3(C)C42C(=O)CNc2ccc(F)cc2)C1. The van der Waals surface area contributed by atoms with Crippen molar-refractivity contribution in [1.29, 1.82) is 0 Å². The van der Waals surface area contributed by atoms with Gasteiger partial charge in [-0.05, 0) is 128 Å². The number of halogens is 1. The van der Waals surface area contributed by atoms with Crippen molar-refractivity contribution in [2.75, 3.05) is 11.9 Å². The maximum Gasteiger partial charge on any atom is 0.159 e. The standard InChI is InChI=1S/C29H38FNO2/c1-26(33)12-10-19-16(14-26)4-9-21-20(19)11-13-27(2)23(21)24-25-28(24,3)29(25,27)22(32)15-31-18-7-5-17(30)6-8-18/h5-8,16,19-21,23-25,31,33H,4,9-15H2,1-3H3. The van der Waals surface area contributed by atoms with Gasteiger partial charge >= 0.3 is 0 Å². The Morgan fingerprint density at radius 1 is 1.00 bits per heavy atom. The summed E-state index contributed by atoms with van der Waals surface area (Å²) in [5.41, 5.74) is 0.619. The summed E-state index contributed by atoms with van der Waals surface area (Å²) in [4.78, 5) is 13.8. The number of hydrogen-bond donors (Lipinski definition) is 2. The average molecular weight is 452 g/mol. The summed E-state index contributed by atoms with van der Waals surface area (Å²) in [6.07, 6.45) is 8.19. The number of carbonyl (C=O) groups excluding carboxylic acids is 1. The molecule has 0 aromatic heterocycles. The highest BCUT2D eigenvalue weighted by Crippen LogP contribution is 3.05. The smallest absolute Gasteiger partial charge is 0.159 e. The van der Waals surface area contributed by atoms with E-state index in [4.69, 9.17) is 0 Å². The van der Waals surface area contributed by atoms with Crippen molar-refractivity contribution in [1.82, 2.24) is 0 Å². The Hall–Kier alpha value is -1.42. The van der Waals surface area contributed by atoms with Gasteiger partial charge in [0, 0.05) is 11.1 Å². The monoisotopic (exact) mass is 451 g/mol. The lowest BCUT2D eigenvalue weighted by Crippen LogP contribution is -2.51. The number of aliphatic hydroxyl groups is 1. The lowest BCUT2D eigenvalue weighted by Gasteiger charge is -2.56. The minimum Gasteiger partial charge on any atom is -0.390 e. The Morgan fingerprint density at radius 3 is 2.42 bits per heavy atom. The van der Waals surface area contributed by atoms with Gasteiger partial charge in [-0.25, -0.2) is 4.39 Å². The molecule has 0 aliphatic heterocycles. The highest BCUT2D eigenvalue weighted by atomic mass is 19.1. The van der Waals surface area contributed by atoms with E-state index in [9.17, 15) is 14.3 Å². The molecule has 4 heteroatoms. The normalized spacial score (nSPS) is 55.0. The fourth-order valence-corrected chi connectivity index (χ4v) is 11.3. The van der Waals surface area contributed by atoms with Gasteiger partial charge in [0.2, 0.25) is 0 Å². The zero-order valence-electron chi connectivity index (χ0n) is 20.2. The topological polar surface area (TPSA) is 49.3 Å². The Morgan fingerprint density at radius 2 is 1.70 bits per heavy atom. The molecule has 3 nitrogen and oxygen atoms in total. The van der Waals surface area contributed by atoms with Crippen LogP contribution in [0, 0.1) is 63.5 Å². The molecule has 0 heterocycles. The molecule has 178 valence electrons. The number of Topliss-reactive ketones (excluding diaryl/α,β-unsaturated/α-hetero) is 1. The lowest BCUT2D eigenvalue weighted by atomic mass is 9.48. The fourth-order valence-electron chi connectivity index (χ4n) is 11.3. The second-order valence-corrected chi connectivity index (χ2v) is 13.4. The Balaban J connectivity index is 1.13. The van der Waals surface area contributed by atoms with E-state index in [-0.39, 0.29) is 22.1 Å². The minimum atomic E-state index is -0.461.